The molecule has 0 saturated carbocycles. The van der Waals surface area contributed by atoms with Crippen LogP contribution in [0.2, 0.25) is 0 Å². The van der Waals surface area contributed by atoms with Gasteiger partial charge in [0, 0.05) is 18.8 Å². The van der Waals surface area contributed by atoms with Gasteiger partial charge in [-0.25, -0.2) is 8.42 Å². The minimum absolute atomic E-state index is 0.199. The van der Waals surface area contributed by atoms with Gasteiger partial charge in [0.25, 0.3) is 0 Å². The van der Waals surface area contributed by atoms with Crippen molar-refractivity contribution in [2.45, 2.75) is 31.8 Å². The molecule has 0 aliphatic carbocycles. The van der Waals surface area contributed by atoms with Crippen molar-refractivity contribution < 1.29 is 23.1 Å². The Morgan fingerprint density at radius 3 is 2.82 bits per heavy atom. The molecule has 1 fully saturated rings. The molecule has 0 bridgehead atoms. The number of carbonyl (C=O) groups excluding carboxylic acids is 1. The number of piperidine rings is 1. The van der Waals surface area contributed by atoms with Crippen LogP contribution < -0.4 is 5.32 Å². The predicted molar refractivity (Wildman–Crippen MR) is 77.7 cm³/mol. The van der Waals surface area contributed by atoms with Crippen LogP contribution in [0.1, 0.15) is 19.3 Å². The second kappa shape index (κ2) is 6.44. The van der Waals surface area contributed by atoms with Crippen molar-refractivity contribution in [1.29, 1.82) is 0 Å². The number of hydrogen-bond acceptors (Lipinski definition) is 5. The summed E-state index contributed by atoms with van der Waals surface area (Å²) in [5.74, 6) is -1.30. The zero-order chi connectivity index (χ0) is 16.3. The highest BCUT2D eigenvalue weighted by molar-refractivity contribution is 7.88. The number of amides is 1. The third-order valence-electron chi connectivity index (χ3n) is 3.37. The summed E-state index contributed by atoms with van der Waals surface area (Å²) < 4.78 is 25.8. The van der Waals surface area contributed by atoms with Crippen LogP contribution >= 0.6 is 0 Å². The van der Waals surface area contributed by atoms with Crippen molar-refractivity contribution in [3.8, 4) is 0 Å². The third-order valence-corrected chi connectivity index (χ3v) is 4.66. The molecule has 1 aliphatic heterocycles. The molecule has 1 aromatic rings. The molecule has 22 heavy (non-hydrogen) atoms. The number of hydrogen-bond donors (Lipinski definition) is 2. The van der Waals surface area contributed by atoms with Crippen LogP contribution in [0.3, 0.4) is 0 Å². The number of carboxylic acid groups (broad SMARTS) is 1. The number of anilines is 1. The normalized spacial score (nSPS) is 19.8. The summed E-state index contributed by atoms with van der Waals surface area (Å²) in [5.41, 5.74) is 0. The molecule has 2 heterocycles. The standard InChI is InChI=1S/C12H18N4O5S/c1-22(20,21)16-6-3-2-4-9(16)12(19)13-10-5-7-15(14-10)8-11(17)18/h5,7,9H,2-4,6,8H2,1H3,(H,17,18)(H,13,14,19)/t9-/m1/s1. The molecule has 1 aromatic heterocycles. The summed E-state index contributed by atoms with van der Waals surface area (Å²) in [7, 11) is -3.45. The quantitative estimate of drug-likeness (QED) is 0.766. The summed E-state index contributed by atoms with van der Waals surface area (Å²) in [4.78, 5) is 22.9. The van der Waals surface area contributed by atoms with E-state index in [2.05, 4.69) is 10.4 Å². The van der Waals surface area contributed by atoms with Gasteiger partial charge in [0.15, 0.2) is 5.82 Å². The van der Waals surface area contributed by atoms with Gasteiger partial charge in [0.2, 0.25) is 15.9 Å². The molecular weight excluding hydrogens is 312 g/mol. The Hall–Kier alpha value is -1.94. The lowest BCUT2D eigenvalue weighted by Crippen LogP contribution is -2.49. The first kappa shape index (κ1) is 16.4. The highest BCUT2D eigenvalue weighted by Gasteiger charge is 2.34. The van der Waals surface area contributed by atoms with Crippen LogP contribution in [-0.4, -0.2) is 58.3 Å². The molecule has 1 amide bonds. The van der Waals surface area contributed by atoms with Crippen LogP contribution in [0.5, 0.6) is 0 Å². The Kier molecular flexibility index (Phi) is 4.81. The van der Waals surface area contributed by atoms with Crippen LogP contribution in [0, 0.1) is 0 Å². The van der Waals surface area contributed by atoms with E-state index in [1.165, 1.54) is 21.3 Å². The first-order valence-electron chi connectivity index (χ1n) is 6.80. The van der Waals surface area contributed by atoms with Crippen molar-refractivity contribution in [1.82, 2.24) is 14.1 Å². The monoisotopic (exact) mass is 330 g/mol. The van der Waals surface area contributed by atoms with E-state index >= 15 is 0 Å². The number of carboxylic acids is 1. The summed E-state index contributed by atoms with van der Waals surface area (Å²) >= 11 is 0. The van der Waals surface area contributed by atoms with Crippen LogP contribution in [0.4, 0.5) is 5.82 Å². The zero-order valence-corrected chi connectivity index (χ0v) is 12.9. The maximum Gasteiger partial charge on any atom is 0.325 e. The summed E-state index contributed by atoms with van der Waals surface area (Å²) in [5, 5.41) is 15.1. The summed E-state index contributed by atoms with van der Waals surface area (Å²) in [6.07, 6.45) is 4.47. The second-order valence-electron chi connectivity index (χ2n) is 5.17. The number of sulfonamides is 1. The molecular formula is C12H18N4O5S. The van der Waals surface area contributed by atoms with E-state index in [0.717, 1.165) is 19.1 Å². The molecule has 1 atom stereocenters. The topological polar surface area (TPSA) is 122 Å². The second-order valence-corrected chi connectivity index (χ2v) is 7.10. The molecule has 0 radical (unpaired) electrons. The van der Waals surface area contributed by atoms with Gasteiger partial charge in [-0.05, 0) is 12.8 Å². The van der Waals surface area contributed by atoms with E-state index in [1.54, 1.807) is 0 Å². The molecule has 9 nitrogen and oxygen atoms in total. The van der Waals surface area contributed by atoms with Crippen molar-refractivity contribution in [2.75, 3.05) is 18.1 Å². The van der Waals surface area contributed by atoms with Crippen molar-refractivity contribution in [2.24, 2.45) is 0 Å². The maximum atomic E-state index is 12.3. The summed E-state index contributed by atoms with van der Waals surface area (Å²) in [6, 6.07) is 0.711. The Bertz CT molecular complexity index is 669. The van der Waals surface area contributed by atoms with E-state index in [4.69, 9.17) is 5.11 Å². The summed E-state index contributed by atoms with van der Waals surface area (Å²) in [6.45, 7) is 0.0130. The lowest BCUT2D eigenvalue weighted by molar-refractivity contribution is -0.137. The smallest absolute Gasteiger partial charge is 0.325 e. The fourth-order valence-electron chi connectivity index (χ4n) is 2.43. The van der Waals surface area contributed by atoms with Gasteiger partial charge < -0.3 is 10.4 Å². The fraction of sp³-hybridized carbons (Fsp3) is 0.583. The average Bonchev–Trinajstić information content (AvgIpc) is 2.84. The molecule has 0 aromatic carbocycles. The SMILES string of the molecule is CS(=O)(=O)N1CCCC[C@@H]1C(=O)Nc1ccn(CC(=O)O)n1. The molecule has 1 aliphatic rings. The van der Waals surface area contributed by atoms with E-state index < -0.39 is 27.9 Å². The highest BCUT2D eigenvalue weighted by Crippen LogP contribution is 2.21. The molecule has 0 unspecified atom stereocenters. The molecule has 2 rings (SSSR count). The molecule has 2 N–H and O–H groups in total. The average molecular weight is 330 g/mol. The van der Waals surface area contributed by atoms with Gasteiger partial charge >= 0.3 is 5.97 Å². The Morgan fingerprint density at radius 2 is 2.18 bits per heavy atom. The Labute approximate surface area is 128 Å². The van der Waals surface area contributed by atoms with Crippen LogP contribution in [0.25, 0.3) is 0 Å². The first-order chi connectivity index (χ1) is 10.3. The number of aromatic nitrogens is 2. The Balaban J connectivity index is 2.07. The zero-order valence-electron chi connectivity index (χ0n) is 12.1. The predicted octanol–water partition coefficient (Wildman–Crippen LogP) is -0.280. The van der Waals surface area contributed by atoms with E-state index in [9.17, 15) is 18.0 Å². The van der Waals surface area contributed by atoms with Crippen molar-refractivity contribution in [3.05, 3.63) is 12.3 Å². The molecule has 122 valence electrons. The van der Waals surface area contributed by atoms with E-state index in [-0.39, 0.29) is 12.4 Å². The minimum Gasteiger partial charge on any atom is -0.480 e. The van der Waals surface area contributed by atoms with Gasteiger partial charge in [-0.2, -0.15) is 9.40 Å². The number of nitrogens with one attached hydrogen (secondary N) is 1. The number of nitrogens with zero attached hydrogens (tertiary/aromatic N) is 3. The van der Waals surface area contributed by atoms with Gasteiger partial charge in [-0.15, -0.1) is 0 Å². The van der Waals surface area contributed by atoms with E-state index in [1.807, 2.05) is 0 Å². The van der Waals surface area contributed by atoms with Crippen molar-refractivity contribution in [3.63, 3.8) is 0 Å². The van der Waals surface area contributed by atoms with E-state index in [0.29, 0.717) is 13.0 Å². The lowest BCUT2D eigenvalue weighted by atomic mass is 10.0. The van der Waals surface area contributed by atoms with Gasteiger partial charge in [-0.1, -0.05) is 6.42 Å². The van der Waals surface area contributed by atoms with Gasteiger partial charge in [0.1, 0.15) is 12.6 Å². The molecule has 1 saturated heterocycles. The lowest BCUT2D eigenvalue weighted by Gasteiger charge is -2.32. The largest absolute Gasteiger partial charge is 0.480 e. The maximum absolute atomic E-state index is 12.3. The highest BCUT2D eigenvalue weighted by atomic mass is 32.2. The minimum atomic E-state index is -3.45. The number of carbonyl (C=O) groups is 2. The third kappa shape index (κ3) is 4.04. The van der Waals surface area contributed by atoms with Crippen molar-refractivity contribution >= 4 is 27.7 Å². The van der Waals surface area contributed by atoms with Crippen LogP contribution in [0.15, 0.2) is 12.3 Å². The first-order valence-corrected chi connectivity index (χ1v) is 8.65. The number of rotatable bonds is 5. The van der Waals surface area contributed by atoms with Gasteiger partial charge in [0.05, 0.1) is 6.26 Å². The van der Waals surface area contributed by atoms with Gasteiger partial charge in [-0.3, -0.25) is 14.3 Å². The van der Waals surface area contributed by atoms with Crippen LogP contribution in [-0.2, 0) is 26.2 Å². The fourth-order valence-corrected chi connectivity index (χ4v) is 3.55. The molecule has 10 heteroatoms. The Morgan fingerprint density at radius 1 is 1.45 bits per heavy atom. The molecule has 0 spiro atoms. The number of aliphatic carboxylic acids is 1.